The van der Waals surface area contributed by atoms with Crippen molar-refractivity contribution in [3.8, 4) is 0 Å². The van der Waals surface area contributed by atoms with Crippen LogP contribution in [0.1, 0.15) is 38.7 Å². The van der Waals surface area contributed by atoms with Crippen molar-refractivity contribution in [2.45, 2.75) is 50.7 Å². The summed E-state index contributed by atoms with van der Waals surface area (Å²) in [6.45, 7) is 4.64. The molecule has 4 rings (SSSR count). The van der Waals surface area contributed by atoms with Crippen molar-refractivity contribution in [2.24, 2.45) is 16.7 Å². The molecule has 0 radical (unpaired) electrons. The predicted octanol–water partition coefficient (Wildman–Crippen LogP) is 4.82. The summed E-state index contributed by atoms with van der Waals surface area (Å²) >= 11 is -2.90. The molecule has 1 aliphatic heterocycles. The van der Waals surface area contributed by atoms with E-state index in [9.17, 15) is 13.2 Å². The summed E-state index contributed by atoms with van der Waals surface area (Å²) in [5.41, 5.74) is -0.282. The average molecular weight is 412 g/mol. The molecule has 1 spiro atoms. The fourth-order valence-electron chi connectivity index (χ4n) is 5.01. The van der Waals surface area contributed by atoms with Crippen molar-refractivity contribution in [2.75, 3.05) is 0 Å². The molecule has 1 heterocycles. The number of fused-ring (bicyclic) bond motifs is 1. The molecule has 0 amide bonds. The third-order valence-electron chi connectivity index (χ3n) is 6.60. The third-order valence-corrected chi connectivity index (χ3v) is 13.5. The van der Waals surface area contributed by atoms with Gasteiger partial charge in [0.15, 0.2) is 0 Å². The van der Waals surface area contributed by atoms with E-state index < -0.39 is 24.0 Å². The van der Waals surface area contributed by atoms with Gasteiger partial charge in [0, 0.05) is 0 Å². The van der Waals surface area contributed by atoms with E-state index in [1.54, 1.807) is 0 Å². The molecular weight excluding hydrogens is 392 g/mol. The van der Waals surface area contributed by atoms with Crippen LogP contribution in [0.3, 0.4) is 0 Å². The summed E-state index contributed by atoms with van der Waals surface area (Å²) in [5.74, 6) is 0.693. The second-order valence-corrected chi connectivity index (χ2v) is 14.8. The molecule has 1 aromatic rings. The van der Waals surface area contributed by atoms with Crippen LogP contribution in [0.5, 0.6) is 0 Å². The Bertz CT molecular complexity index is 644. The number of alkyl halides is 3. The Morgan fingerprint density at radius 1 is 1.22 bits per heavy atom. The molecule has 3 fully saturated rings. The molecule has 128 valence electrons. The van der Waals surface area contributed by atoms with Crippen molar-refractivity contribution < 1.29 is 17.0 Å². The minimum absolute atomic E-state index is 0.127. The SMILES string of the molecule is CC1(C)C2CCC13C[Se](Cl)(c1ccc(C(F)(F)F)cc1)OC3C2. The fraction of sp³-hybridized carbons (Fsp3) is 0.647. The molecule has 0 N–H and O–H groups in total. The number of rotatable bonds is 1. The van der Waals surface area contributed by atoms with Crippen molar-refractivity contribution in [1.82, 2.24) is 0 Å². The monoisotopic (exact) mass is 412 g/mol. The maximum atomic E-state index is 12.8. The summed E-state index contributed by atoms with van der Waals surface area (Å²) < 4.78 is 45.4. The molecule has 3 aliphatic rings. The van der Waals surface area contributed by atoms with Gasteiger partial charge < -0.3 is 0 Å². The molecule has 6 heteroatoms. The summed E-state index contributed by atoms with van der Waals surface area (Å²) in [4.78, 5) is 0. The molecule has 2 saturated carbocycles. The summed E-state index contributed by atoms with van der Waals surface area (Å²) in [6, 6.07) is 5.34. The zero-order chi connectivity index (χ0) is 16.7. The summed E-state index contributed by atoms with van der Waals surface area (Å²) in [5, 5.41) is 0.838. The van der Waals surface area contributed by atoms with Crippen LogP contribution in [0.25, 0.3) is 0 Å². The van der Waals surface area contributed by atoms with E-state index in [1.165, 1.54) is 18.6 Å². The van der Waals surface area contributed by atoms with Crippen molar-refractivity contribution >= 4 is 26.8 Å². The average Bonchev–Trinajstić information content (AvgIpc) is 2.98. The molecular formula is C17H20ClF3OSe. The Hall–Kier alpha value is -0.221. The Morgan fingerprint density at radius 2 is 1.87 bits per heavy atom. The molecule has 1 aromatic carbocycles. The molecule has 23 heavy (non-hydrogen) atoms. The van der Waals surface area contributed by atoms with Gasteiger partial charge in [-0.15, -0.1) is 0 Å². The van der Waals surface area contributed by atoms with Crippen LogP contribution < -0.4 is 4.46 Å². The van der Waals surface area contributed by atoms with Crippen molar-refractivity contribution in [3.63, 3.8) is 0 Å². The van der Waals surface area contributed by atoms with E-state index in [2.05, 4.69) is 13.8 Å². The van der Waals surface area contributed by atoms with Gasteiger partial charge in [-0.2, -0.15) is 0 Å². The Kier molecular flexibility index (Phi) is 3.32. The van der Waals surface area contributed by atoms with Crippen LogP contribution in [0.15, 0.2) is 24.3 Å². The van der Waals surface area contributed by atoms with Gasteiger partial charge in [-0.1, -0.05) is 0 Å². The standard InChI is InChI=1S/C17H20ClF3OSe/c1-15(2)12-7-8-16(15)10-23(18,22-14(16)9-12)13-5-3-11(4-6-13)17(19,20)21/h3-6,12,14H,7-10H2,1-2H3. The van der Waals surface area contributed by atoms with Crippen molar-refractivity contribution in [3.05, 3.63) is 29.8 Å². The zero-order valence-electron chi connectivity index (χ0n) is 13.1. The molecule has 4 atom stereocenters. The topological polar surface area (TPSA) is 9.23 Å². The maximum absolute atomic E-state index is 12.8. The van der Waals surface area contributed by atoms with Gasteiger partial charge in [-0.05, 0) is 0 Å². The van der Waals surface area contributed by atoms with Crippen LogP contribution in [-0.2, 0) is 10.00 Å². The number of halogens is 4. The second-order valence-electron chi connectivity index (χ2n) is 7.70. The first-order chi connectivity index (χ1) is 10.6. The van der Waals surface area contributed by atoms with E-state index in [4.69, 9.17) is 13.9 Å². The second kappa shape index (κ2) is 4.69. The van der Waals surface area contributed by atoms with E-state index >= 15 is 0 Å². The van der Waals surface area contributed by atoms with Crippen LogP contribution in [0.4, 0.5) is 13.2 Å². The Balaban J connectivity index is 1.66. The van der Waals surface area contributed by atoms with Gasteiger partial charge in [0.05, 0.1) is 0 Å². The normalized spacial score (nSPS) is 44.1. The first kappa shape index (κ1) is 16.3. The van der Waals surface area contributed by atoms with Gasteiger partial charge in [-0.3, -0.25) is 0 Å². The summed E-state index contributed by atoms with van der Waals surface area (Å²) in [7, 11) is 6.93. The molecule has 4 unspecified atom stereocenters. The van der Waals surface area contributed by atoms with Crippen molar-refractivity contribution in [1.29, 1.82) is 0 Å². The third kappa shape index (κ3) is 2.09. The van der Waals surface area contributed by atoms with Gasteiger partial charge in [0.2, 0.25) is 0 Å². The molecule has 2 bridgehead atoms. The van der Waals surface area contributed by atoms with E-state index in [0.717, 1.165) is 34.8 Å². The van der Waals surface area contributed by atoms with Gasteiger partial charge >= 0.3 is 141 Å². The quantitative estimate of drug-likeness (QED) is 0.602. The number of hydrogen-bond donors (Lipinski definition) is 0. The predicted molar refractivity (Wildman–Crippen MR) is 85.9 cm³/mol. The van der Waals surface area contributed by atoms with Crippen LogP contribution in [0, 0.1) is 16.7 Å². The van der Waals surface area contributed by atoms with Gasteiger partial charge in [0.25, 0.3) is 0 Å². The van der Waals surface area contributed by atoms with E-state index in [0.29, 0.717) is 5.92 Å². The first-order valence-electron chi connectivity index (χ1n) is 7.95. The van der Waals surface area contributed by atoms with E-state index in [1.807, 2.05) is 0 Å². The Morgan fingerprint density at radius 3 is 2.39 bits per heavy atom. The zero-order valence-corrected chi connectivity index (χ0v) is 15.6. The molecule has 0 aromatic heterocycles. The molecule has 1 saturated heterocycles. The Labute approximate surface area is 141 Å². The van der Waals surface area contributed by atoms with Gasteiger partial charge in [-0.25, -0.2) is 0 Å². The van der Waals surface area contributed by atoms with Crippen LogP contribution in [-0.4, -0.2) is 18.4 Å². The summed E-state index contributed by atoms with van der Waals surface area (Å²) in [6.07, 6.45) is -0.699. The van der Waals surface area contributed by atoms with E-state index in [-0.39, 0.29) is 16.9 Å². The van der Waals surface area contributed by atoms with Crippen LogP contribution in [0.2, 0.25) is 5.32 Å². The first-order valence-corrected chi connectivity index (χ1v) is 13.0. The number of benzene rings is 1. The van der Waals surface area contributed by atoms with Gasteiger partial charge in [0.1, 0.15) is 0 Å². The minimum atomic E-state index is -4.31. The fourth-order valence-corrected chi connectivity index (χ4v) is 13.1. The van der Waals surface area contributed by atoms with Crippen LogP contribution >= 0.6 is 10.1 Å². The molecule has 2 aliphatic carbocycles. The number of hydrogen-bond acceptors (Lipinski definition) is 1. The molecule has 1 nitrogen and oxygen atoms in total.